The summed E-state index contributed by atoms with van der Waals surface area (Å²) in [7, 11) is 1.58. The average molecular weight is 428 g/mol. The summed E-state index contributed by atoms with van der Waals surface area (Å²) in [4.78, 5) is 27.8. The third kappa shape index (κ3) is 3.78. The normalized spacial score (nSPS) is 17.6. The number of methoxy groups -OCH3 is 1. The monoisotopic (exact) mass is 427 g/mol. The quantitative estimate of drug-likeness (QED) is 0.346. The number of ketones is 1. The summed E-state index contributed by atoms with van der Waals surface area (Å²) in [5.41, 5.74) is 4.04. The molecule has 1 unspecified atom stereocenters. The van der Waals surface area contributed by atoms with E-state index in [0.717, 1.165) is 17.5 Å². The van der Waals surface area contributed by atoms with E-state index < -0.39 is 17.7 Å². The van der Waals surface area contributed by atoms with Gasteiger partial charge < -0.3 is 9.84 Å². The van der Waals surface area contributed by atoms with Crippen LogP contribution in [0.4, 0.5) is 5.69 Å². The number of hydrogen-bond acceptors (Lipinski definition) is 4. The van der Waals surface area contributed by atoms with Gasteiger partial charge in [-0.1, -0.05) is 61.0 Å². The maximum atomic E-state index is 13.2. The van der Waals surface area contributed by atoms with Crippen molar-refractivity contribution in [2.45, 2.75) is 26.3 Å². The van der Waals surface area contributed by atoms with Crippen LogP contribution in [0.3, 0.4) is 0 Å². The molecule has 4 rings (SSSR count). The summed E-state index contributed by atoms with van der Waals surface area (Å²) >= 11 is 0. The highest BCUT2D eigenvalue weighted by atomic mass is 16.5. The van der Waals surface area contributed by atoms with Crippen LogP contribution in [0.2, 0.25) is 0 Å². The lowest BCUT2D eigenvalue weighted by molar-refractivity contribution is -0.132. The molecule has 0 saturated carbocycles. The molecule has 5 heteroatoms. The summed E-state index contributed by atoms with van der Waals surface area (Å²) < 4.78 is 5.26. The van der Waals surface area contributed by atoms with E-state index >= 15 is 0 Å². The maximum absolute atomic E-state index is 13.2. The minimum absolute atomic E-state index is 0.0741. The molecule has 3 aromatic carbocycles. The SMILES string of the molecule is CCc1ccc(/C(O)=C2\C(=O)C(=O)N(c3ccc(C)cc3)C2c2ccc(OC)cc2)cc1. The molecule has 1 aliphatic heterocycles. The first kappa shape index (κ1) is 21.4. The third-order valence-electron chi connectivity index (χ3n) is 5.82. The number of hydrogen-bond donors (Lipinski definition) is 1. The van der Waals surface area contributed by atoms with E-state index in [2.05, 4.69) is 0 Å². The van der Waals surface area contributed by atoms with E-state index in [-0.39, 0.29) is 11.3 Å². The molecule has 1 fully saturated rings. The number of aryl methyl sites for hydroxylation is 2. The van der Waals surface area contributed by atoms with Gasteiger partial charge in [-0.05, 0) is 48.7 Å². The number of Topliss-reactive ketones (excluding diaryl/α,β-unsaturated/α-hetero) is 1. The first-order chi connectivity index (χ1) is 15.4. The predicted molar refractivity (Wildman–Crippen MR) is 125 cm³/mol. The summed E-state index contributed by atoms with van der Waals surface area (Å²) in [5.74, 6) is -0.887. The smallest absolute Gasteiger partial charge is 0.300 e. The van der Waals surface area contributed by atoms with Gasteiger partial charge in [-0.25, -0.2) is 0 Å². The number of ether oxygens (including phenoxy) is 1. The molecule has 3 aromatic rings. The fraction of sp³-hybridized carbons (Fsp3) is 0.185. The number of carbonyl (C=O) groups is 2. The van der Waals surface area contributed by atoms with Gasteiger partial charge in [0, 0.05) is 11.3 Å². The fourth-order valence-electron chi connectivity index (χ4n) is 3.96. The molecule has 1 amide bonds. The lowest BCUT2D eigenvalue weighted by atomic mass is 9.94. The highest BCUT2D eigenvalue weighted by molar-refractivity contribution is 6.51. The Labute approximate surface area is 187 Å². The largest absolute Gasteiger partial charge is 0.507 e. The molecular formula is C27H25NO4. The number of aliphatic hydroxyl groups is 1. The Balaban J connectivity index is 1.90. The molecule has 162 valence electrons. The van der Waals surface area contributed by atoms with Gasteiger partial charge in [0.15, 0.2) is 0 Å². The van der Waals surface area contributed by atoms with E-state index in [0.29, 0.717) is 22.6 Å². The molecule has 1 saturated heterocycles. The van der Waals surface area contributed by atoms with Crippen LogP contribution < -0.4 is 9.64 Å². The van der Waals surface area contributed by atoms with Gasteiger partial charge in [-0.15, -0.1) is 0 Å². The van der Waals surface area contributed by atoms with Crippen molar-refractivity contribution in [2.75, 3.05) is 12.0 Å². The van der Waals surface area contributed by atoms with Crippen LogP contribution in [0, 0.1) is 6.92 Å². The Morgan fingerprint density at radius 1 is 0.938 bits per heavy atom. The van der Waals surface area contributed by atoms with Gasteiger partial charge >= 0.3 is 0 Å². The minimum Gasteiger partial charge on any atom is -0.507 e. The zero-order chi connectivity index (χ0) is 22.8. The van der Waals surface area contributed by atoms with Crippen molar-refractivity contribution in [3.05, 3.63) is 101 Å². The number of nitrogens with zero attached hydrogens (tertiary/aromatic N) is 1. The van der Waals surface area contributed by atoms with E-state index in [1.54, 1.807) is 31.4 Å². The van der Waals surface area contributed by atoms with Crippen LogP contribution in [0.25, 0.3) is 5.76 Å². The fourth-order valence-corrected chi connectivity index (χ4v) is 3.96. The summed E-state index contributed by atoms with van der Waals surface area (Å²) in [5, 5.41) is 11.2. The Morgan fingerprint density at radius 3 is 2.12 bits per heavy atom. The zero-order valence-electron chi connectivity index (χ0n) is 18.3. The van der Waals surface area contributed by atoms with Crippen molar-refractivity contribution in [3.8, 4) is 5.75 Å². The molecule has 1 heterocycles. The molecule has 1 N–H and O–H groups in total. The van der Waals surface area contributed by atoms with Gasteiger partial charge in [0.05, 0.1) is 18.7 Å². The minimum atomic E-state index is -0.755. The Bertz CT molecular complexity index is 1180. The van der Waals surface area contributed by atoms with Crippen LogP contribution in [-0.4, -0.2) is 23.9 Å². The van der Waals surface area contributed by atoms with E-state index in [1.165, 1.54) is 4.90 Å². The van der Waals surface area contributed by atoms with Crippen molar-refractivity contribution < 1.29 is 19.4 Å². The lowest BCUT2D eigenvalue weighted by Gasteiger charge is -2.25. The van der Waals surface area contributed by atoms with Crippen molar-refractivity contribution in [3.63, 3.8) is 0 Å². The molecular weight excluding hydrogens is 402 g/mol. The first-order valence-electron chi connectivity index (χ1n) is 10.6. The van der Waals surface area contributed by atoms with E-state index in [9.17, 15) is 14.7 Å². The number of rotatable bonds is 5. The molecule has 5 nitrogen and oxygen atoms in total. The molecule has 1 aliphatic rings. The molecule has 0 radical (unpaired) electrons. The number of carbonyl (C=O) groups excluding carboxylic acids is 2. The van der Waals surface area contributed by atoms with Crippen molar-refractivity contribution in [2.24, 2.45) is 0 Å². The van der Waals surface area contributed by atoms with Gasteiger partial charge in [0.1, 0.15) is 11.5 Å². The van der Waals surface area contributed by atoms with E-state index in [4.69, 9.17) is 4.74 Å². The summed E-state index contributed by atoms with van der Waals surface area (Å²) in [6.45, 7) is 4.00. The number of benzene rings is 3. The van der Waals surface area contributed by atoms with Crippen molar-refractivity contribution in [1.82, 2.24) is 0 Å². The van der Waals surface area contributed by atoms with Crippen LogP contribution in [0.5, 0.6) is 5.75 Å². The van der Waals surface area contributed by atoms with Gasteiger partial charge in [0.25, 0.3) is 11.7 Å². The number of aliphatic hydroxyl groups excluding tert-OH is 1. The number of amides is 1. The van der Waals surface area contributed by atoms with Crippen LogP contribution in [0.1, 0.15) is 35.2 Å². The molecule has 0 aliphatic carbocycles. The Morgan fingerprint density at radius 2 is 1.56 bits per heavy atom. The maximum Gasteiger partial charge on any atom is 0.300 e. The van der Waals surface area contributed by atoms with Crippen LogP contribution in [0.15, 0.2) is 78.4 Å². The van der Waals surface area contributed by atoms with Gasteiger partial charge in [-0.3, -0.25) is 14.5 Å². The number of anilines is 1. The topological polar surface area (TPSA) is 66.8 Å². The standard InChI is InChI=1S/C27H25NO4/c1-4-18-7-9-20(10-8-18)25(29)23-24(19-11-15-22(32-3)16-12-19)28(27(31)26(23)30)21-13-5-17(2)6-14-21/h5-16,24,29H,4H2,1-3H3/b25-23+. The summed E-state index contributed by atoms with van der Waals surface area (Å²) in [6, 6.07) is 21.2. The van der Waals surface area contributed by atoms with Crippen LogP contribution in [-0.2, 0) is 16.0 Å². The second-order valence-electron chi connectivity index (χ2n) is 7.83. The van der Waals surface area contributed by atoms with Crippen LogP contribution >= 0.6 is 0 Å². The Kier molecular flexibility index (Phi) is 5.82. The predicted octanol–water partition coefficient (Wildman–Crippen LogP) is 5.19. The molecule has 32 heavy (non-hydrogen) atoms. The summed E-state index contributed by atoms with van der Waals surface area (Å²) in [6.07, 6.45) is 0.866. The Hall–Kier alpha value is -3.86. The highest BCUT2D eigenvalue weighted by Gasteiger charge is 2.46. The van der Waals surface area contributed by atoms with E-state index in [1.807, 2.05) is 62.4 Å². The molecule has 0 spiro atoms. The van der Waals surface area contributed by atoms with Crippen molar-refractivity contribution >= 4 is 23.1 Å². The van der Waals surface area contributed by atoms with Crippen molar-refractivity contribution in [1.29, 1.82) is 0 Å². The zero-order valence-corrected chi connectivity index (χ0v) is 18.3. The van der Waals surface area contributed by atoms with Gasteiger partial charge in [0.2, 0.25) is 0 Å². The highest BCUT2D eigenvalue weighted by Crippen LogP contribution is 2.42. The first-order valence-corrected chi connectivity index (χ1v) is 10.6. The second-order valence-corrected chi connectivity index (χ2v) is 7.83. The lowest BCUT2D eigenvalue weighted by Crippen LogP contribution is -2.29. The van der Waals surface area contributed by atoms with Gasteiger partial charge in [-0.2, -0.15) is 0 Å². The second kappa shape index (κ2) is 8.71. The molecule has 1 atom stereocenters. The molecule has 0 bridgehead atoms. The molecule has 0 aromatic heterocycles. The average Bonchev–Trinajstić information content (AvgIpc) is 3.09. The third-order valence-corrected chi connectivity index (χ3v) is 5.82.